The van der Waals surface area contributed by atoms with Gasteiger partial charge < -0.3 is 54.5 Å². The van der Waals surface area contributed by atoms with E-state index in [-0.39, 0.29) is 64.8 Å². The molecule has 0 saturated heterocycles. The molecule has 0 aliphatic carbocycles. The smallest absolute Gasteiger partial charge is 0.407 e. The van der Waals surface area contributed by atoms with E-state index in [0.29, 0.717) is 12.8 Å². The summed E-state index contributed by atoms with van der Waals surface area (Å²) >= 11 is 0. The van der Waals surface area contributed by atoms with Crippen molar-refractivity contribution >= 4 is 59.8 Å². The fourth-order valence-corrected chi connectivity index (χ4v) is 9.44. The van der Waals surface area contributed by atoms with E-state index in [4.69, 9.17) is 23.7 Å². The van der Waals surface area contributed by atoms with Gasteiger partial charge in [0.2, 0.25) is 0 Å². The average Bonchev–Trinajstić information content (AvgIpc) is 3.60. The number of rotatable bonds is 59. The molecule has 0 saturated carbocycles. The van der Waals surface area contributed by atoms with Crippen molar-refractivity contribution in [1.29, 1.82) is 0 Å². The molecule has 1 unspecified atom stereocenters. The minimum absolute atomic E-state index is 0.0121. The van der Waals surface area contributed by atoms with Crippen molar-refractivity contribution in [2.75, 3.05) is 91.9 Å². The van der Waals surface area contributed by atoms with E-state index in [1.165, 1.54) is 108 Å². The van der Waals surface area contributed by atoms with Gasteiger partial charge in [-0.3, -0.25) is 57.9 Å². The SMILES string of the molecule is CCCCCCCCCCCCCCCC(=O)OCC(COC(C)=O)(COC(=O)CCCCCCCCCCCCCCC)C(=O)OCCOC(=O)NCCCCC(C(=O)O)N(CCN(CC(=O)O)CC(=O)O)CCN(CC(=O)O)CC(=O)O. The summed E-state index contributed by atoms with van der Waals surface area (Å²) in [6, 6.07) is -1.27. The Morgan fingerprint density at radius 3 is 1.11 bits per heavy atom. The Kier molecular flexibility index (Phi) is 48.3. The van der Waals surface area contributed by atoms with E-state index in [9.17, 15) is 73.5 Å². The highest BCUT2D eigenvalue weighted by atomic mass is 16.6. The first-order chi connectivity index (χ1) is 40.2. The Bertz CT molecular complexity index is 1740. The van der Waals surface area contributed by atoms with Crippen LogP contribution in [-0.4, -0.2) is 198 Å². The number of unbranched alkanes of at least 4 members (excludes halogenated alkanes) is 25. The third-order valence-corrected chi connectivity index (χ3v) is 14.3. The zero-order valence-electron chi connectivity index (χ0n) is 51.1. The Morgan fingerprint density at radius 2 is 0.762 bits per heavy atom. The molecule has 1 atom stereocenters. The highest BCUT2D eigenvalue weighted by Gasteiger charge is 2.45. The second-order valence-corrected chi connectivity index (χ2v) is 21.9. The Labute approximate surface area is 498 Å². The van der Waals surface area contributed by atoms with Crippen LogP contribution >= 0.6 is 0 Å². The maximum atomic E-state index is 13.9. The van der Waals surface area contributed by atoms with Crippen molar-refractivity contribution < 1.29 is 97.2 Å². The molecule has 24 heteroatoms. The number of amides is 1. The molecule has 84 heavy (non-hydrogen) atoms. The van der Waals surface area contributed by atoms with Crippen LogP contribution in [0.15, 0.2) is 0 Å². The largest absolute Gasteiger partial charge is 0.480 e. The number of ether oxygens (including phenoxy) is 5. The van der Waals surface area contributed by atoms with Gasteiger partial charge in [0.15, 0.2) is 5.41 Å². The normalized spacial score (nSPS) is 11.8. The summed E-state index contributed by atoms with van der Waals surface area (Å²) in [4.78, 5) is 127. The minimum Gasteiger partial charge on any atom is -0.480 e. The molecule has 0 fully saturated rings. The molecule has 0 heterocycles. The van der Waals surface area contributed by atoms with Gasteiger partial charge in [0, 0.05) is 52.5 Å². The van der Waals surface area contributed by atoms with Gasteiger partial charge in [-0.05, 0) is 32.1 Å². The molecule has 0 rings (SSSR count). The summed E-state index contributed by atoms with van der Waals surface area (Å²) in [6.45, 7) is -0.807. The third kappa shape index (κ3) is 45.8. The van der Waals surface area contributed by atoms with Crippen LogP contribution in [0.3, 0.4) is 0 Å². The fourth-order valence-electron chi connectivity index (χ4n) is 9.44. The second kappa shape index (κ2) is 51.8. The predicted octanol–water partition coefficient (Wildman–Crippen LogP) is 8.72. The van der Waals surface area contributed by atoms with Gasteiger partial charge in [-0.25, -0.2) is 4.79 Å². The lowest BCUT2D eigenvalue weighted by Crippen LogP contribution is -2.50. The van der Waals surface area contributed by atoms with Gasteiger partial charge in [-0.1, -0.05) is 168 Å². The maximum Gasteiger partial charge on any atom is 0.407 e. The molecule has 0 aromatic heterocycles. The summed E-state index contributed by atoms with van der Waals surface area (Å²) in [7, 11) is 0. The van der Waals surface area contributed by atoms with Crippen LogP contribution in [0.5, 0.6) is 0 Å². The quantitative estimate of drug-likeness (QED) is 0.0188. The lowest BCUT2D eigenvalue weighted by atomic mass is 9.91. The summed E-state index contributed by atoms with van der Waals surface area (Å²) in [5, 5.41) is 49.9. The molecule has 0 aliphatic rings. The molecule has 0 aromatic rings. The highest BCUT2D eigenvalue weighted by molar-refractivity contribution is 5.80. The molecule has 0 aromatic carbocycles. The Hall–Kier alpha value is -5.62. The van der Waals surface area contributed by atoms with Crippen LogP contribution < -0.4 is 5.32 Å². The van der Waals surface area contributed by atoms with E-state index in [1.54, 1.807) is 0 Å². The lowest BCUT2D eigenvalue weighted by molar-refractivity contribution is -0.180. The number of carboxylic acids is 5. The van der Waals surface area contributed by atoms with E-state index in [1.807, 2.05) is 0 Å². The third-order valence-electron chi connectivity index (χ3n) is 14.3. The van der Waals surface area contributed by atoms with Crippen molar-refractivity contribution in [1.82, 2.24) is 20.0 Å². The van der Waals surface area contributed by atoms with Crippen molar-refractivity contribution in [3.05, 3.63) is 0 Å². The zero-order chi connectivity index (χ0) is 62.6. The predicted molar refractivity (Wildman–Crippen MR) is 312 cm³/mol. The molecule has 0 aliphatic heterocycles. The number of carbonyl (C=O) groups excluding carboxylic acids is 5. The van der Waals surface area contributed by atoms with Crippen molar-refractivity contribution in [2.45, 2.75) is 226 Å². The van der Waals surface area contributed by atoms with Crippen LogP contribution in [0.1, 0.15) is 220 Å². The molecular weight excluding hydrogens is 1100 g/mol. The summed E-state index contributed by atoms with van der Waals surface area (Å²) < 4.78 is 27.1. The van der Waals surface area contributed by atoms with Gasteiger partial charge >= 0.3 is 59.8 Å². The van der Waals surface area contributed by atoms with Crippen molar-refractivity contribution in [3.63, 3.8) is 0 Å². The maximum absolute atomic E-state index is 13.9. The number of nitrogens with zero attached hydrogens (tertiary/aromatic N) is 3. The van der Waals surface area contributed by atoms with E-state index in [2.05, 4.69) is 19.2 Å². The van der Waals surface area contributed by atoms with Crippen LogP contribution in [0.25, 0.3) is 0 Å². The summed E-state index contributed by atoms with van der Waals surface area (Å²) in [5.41, 5.74) is -1.96. The first kappa shape index (κ1) is 78.4. The molecule has 0 spiro atoms. The fraction of sp³-hybridized carbons (Fsp3) is 0.833. The van der Waals surface area contributed by atoms with Crippen LogP contribution in [0.4, 0.5) is 4.79 Å². The number of carboxylic acid groups (broad SMARTS) is 5. The van der Waals surface area contributed by atoms with Gasteiger partial charge in [0.05, 0.1) is 26.2 Å². The van der Waals surface area contributed by atoms with Crippen LogP contribution in [0, 0.1) is 5.41 Å². The monoisotopic (exact) mass is 1200 g/mol. The number of alkyl carbamates (subject to hydrolysis) is 1. The molecule has 0 bridgehead atoms. The molecule has 1 amide bonds. The molecule has 0 radical (unpaired) electrons. The molecule has 24 nitrogen and oxygen atoms in total. The van der Waals surface area contributed by atoms with E-state index in [0.717, 1.165) is 68.1 Å². The van der Waals surface area contributed by atoms with Gasteiger partial charge in [-0.2, -0.15) is 0 Å². The Balaban J connectivity index is 5.63. The Morgan fingerprint density at radius 1 is 0.417 bits per heavy atom. The van der Waals surface area contributed by atoms with Crippen molar-refractivity contribution in [3.8, 4) is 0 Å². The molecule has 6 N–H and O–H groups in total. The standard InChI is InChI=1S/C60H106N4O20/c1-4-6-8-10-12-14-16-18-20-22-24-26-28-33-55(74)83-47-60(46-82-49(3)65,48-84-56(75)34-29-27-25-23-21-19-17-15-13-11-9-7-5-2)58(78)80-40-41-81-59(79)61-35-31-30-32-50(57(76)77)64(38-36-62(42-51(66)67)43-52(68)69)39-37-63(44-53(70)71)45-54(72)73/h50H,4-48H2,1-3H3,(H,61,79)(H,66,67)(H,68,69)(H,70,71)(H,72,73)(H,76,77). The van der Waals surface area contributed by atoms with Gasteiger partial charge in [-0.15, -0.1) is 0 Å². The lowest BCUT2D eigenvalue weighted by Gasteiger charge is -2.32. The van der Waals surface area contributed by atoms with Gasteiger partial charge in [0.25, 0.3) is 0 Å². The number of hydrogen-bond acceptors (Lipinski definition) is 18. The number of esters is 4. The van der Waals surface area contributed by atoms with Gasteiger partial charge in [0.1, 0.15) is 39.1 Å². The zero-order valence-corrected chi connectivity index (χ0v) is 51.1. The number of hydrogen-bond donors (Lipinski definition) is 6. The summed E-state index contributed by atoms with van der Waals surface area (Å²) in [6.07, 6.45) is 28.8. The van der Waals surface area contributed by atoms with Crippen LogP contribution in [-0.2, 0) is 66.8 Å². The van der Waals surface area contributed by atoms with E-state index < -0.39 is 130 Å². The number of aliphatic carboxylic acids is 5. The van der Waals surface area contributed by atoms with E-state index >= 15 is 0 Å². The first-order valence-electron chi connectivity index (χ1n) is 31.1. The van der Waals surface area contributed by atoms with Crippen molar-refractivity contribution in [2.24, 2.45) is 5.41 Å². The topological polar surface area (TPSA) is 340 Å². The first-order valence-corrected chi connectivity index (χ1v) is 31.1. The molecule has 486 valence electrons. The molecular formula is C60H106N4O20. The number of carbonyl (C=O) groups is 10. The number of nitrogens with one attached hydrogen (secondary N) is 1. The highest BCUT2D eigenvalue weighted by Crippen LogP contribution is 2.25. The average molecular weight is 1200 g/mol. The van der Waals surface area contributed by atoms with Crippen LogP contribution in [0.2, 0.25) is 0 Å². The summed E-state index contributed by atoms with van der Waals surface area (Å²) in [5.74, 6) is -9.61. The second-order valence-electron chi connectivity index (χ2n) is 21.9. The minimum atomic E-state index is -1.96.